The highest BCUT2D eigenvalue weighted by Crippen LogP contribution is 2.39. The Kier molecular flexibility index (Phi) is 6.90. The number of benzene rings is 1. The van der Waals surface area contributed by atoms with Crippen molar-refractivity contribution in [2.24, 2.45) is 0 Å². The van der Waals surface area contributed by atoms with Crippen molar-refractivity contribution in [3.05, 3.63) is 41.6 Å². The van der Waals surface area contributed by atoms with E-state index in [-0.39, 0.29) is 24.4 Å². The maximum absolute atomic E-state index is 12.8. The summed E-state index contributed by atoms with van der Waals surface area (Å²) < 4.78 is 33.4. The van der Waals surface area contributed by atoms with Crippen LogP contribution in [0, 0.1) is 0 Å². The van der Waals surface area contributed by atoms with Crippen LogP contribution in [0.25, 0.3) is 22.2 Å². The molecule has 1 fully saturated rings. The normalized spacial score (nSPS) is 15.1. The van der Waals surface area contributed by atoms with Gasteiger partial charge in [0.05, 0.1) is 30.4 Å². The Hall–Kier alpha value is -2.98. The smallest absolute Gasteiger partial charge is 0.283 e. The van der Waals surface area contributed by atoms with Crippen molar-refractivity contribution in [3.63, 3.8) is 0 Å². The van der Waals surface area contributed by atoms with E-state index in [0.717, 1.165) is 43.1 Å². The Morgan fingerprint density at radius 1 is 1.21 bits per heavy atom. The summed E-state index contributed by atoms with van der Waals surface area (Å²) in [6.07, 6.45) is 6.02. The predicted molar refractivity (Wildman–Crippen MR) is 129 cm³/mol. The Labute approximate surface area is 199 Å². The fourth-order valence-corrected chi connectivity index (χ4v) is 4.79. The molecule has 3 aromatic rings. The van der Waals surface area contributed by atoms with Gasteiger partial charge in [-0.1, -0.05) is 43.5 Å². The van der Waals surface area contributed by atoms with E-state index in [9.17, 15) is 18.3 Å². The molecule has 0 saturated heterocycles. The maximum Gasteiger partial charge on any atom is 0.283 e. The number of aliphatic hydroxyl groups is 1. The highest BCUT2D eigenvalue weighted by atomic mass is 32.2. The van der Waals surface area contributed by atoms with E-state index in [1.807, 2.05) is 35.4 Å². The molecule has 0 radical (unpaired) electrons. The summed E-state index contributed by atoms with van der Waals surface area (Å²) in [5.41, 5.74) is 2.65. The molecule has 2 aromatic heterocycles. The Morgan fingerprint density at radius 3 is 2.47 bits per heavy atom. The molecule has 1 saturated carbocycles. The Balaban J connectivity index is 1.98. The fourth-order valence-electron chi connectivity index (χ4n) is 4.34. The van der Waals surface area contributed by atoms with Gasteiger partial charge in [0.25, 0.3) is 5.91 Å². The number of amides is 1. The van der Waals surface area contributed by atoms with Crippen molar-refractivity contribution < 1.29 is 23.1 Å². The largest absolute Gasteiger partial charge is 0.473 e. The third kappa shape index (κ3) is 5.23. The lowest BCUT2D eigenvalue weighted by Crippen LogP contribution is -2.30. The quantitative estimate of drug-likeness (QED) is 0.523. The number of sulfonamides is 1. The number of carbonyl (C=O) groups excluding carboxylic acids is 1. The molecule has 1 aromatic carbocycles. The molecular formula is C24H30N4O5S. The van der Waals surface area contributed by atoms with E-state index in [1.165, 1.54) is 6.42 Å². The van der Waals surface area contributed by atoms with Gasteiger partial charge in [-0.2, -0.15) is 0 Å². The average Bonchev–Trinajstić information content (AvgIpc) is 3.15. The number of fused-ring (bicyclic) bond motifs is 1. The van der Waals surface area contributed by atoms with Crippen molar-refractivity contribution >= 4 is 27.0 Å². The maximum atomic E-state index is 12.8. The zero-order valence-corrected chi connectivity index (χ0v) is 20.4. The summed E-state index contributed by atoms with van der Waals surface area (Å²) in [7, 11) is -3.77. The van der Waals surface area contributed by atoms with Crippen LogP contribution < -0.4 is 9.46 Å². The lowest BCUT2D eigenvalue weighted by Gasteiger charge is -2.22. The SMILES string of the molecule is CC(C)Oc1nn(C2CCCCC2)c2nc(C(=O)NS(C)(=O)=O)cc(-c3ccc(CO)cc3)c12. The first-order valence-electron chi connectivity index (χ1n) is 11.5. The highest BCUT2D eigenvalue weighted by Gasteiger charge is 2.27. The van der Waals surface area contributed by atoms with Crippen molar-refractivity contribution in [1.29, 1.82) is 0 Å². The number of hydrogen-bond acceptors (Lipinski definition) is 7. The predicted octanol–water partition coefficient (Wildman–Crippen LogP) is 3.57. The van der Waals surface area contributed by atoms with Gasteiger partial charge in [-0.3, -0.25) is 4.79 Å². The van der Waals surface area contributed by atoms with Gasteiger partial charge in [-0.05, 0) is 43.9 Å². The van der Waals surface area contributed by atoms with Crippen LogP contribution in [-0.4, -0.2) is 46.6 Å². The van der Waals surface area contributed by atoms with Crippen LogP contribution in [0.5, 0.6) is 5.88 Å². The number of nitrogens with zero attached hydrogens (tertiary/aromatic N) is 3. The van der Waals surface area contributed by atoms with Crippen LogP contribution in [-0.2, 0) is 16.6 Å². The molecule has 1 amide bonds. The average molecular weight is 487 g/mol. The Bertz CT molecular complexity index is 1290. The van der Waals surface area contributed by atoms with Crippen LogP contribution in [0.2, 0.25) is 0 Å². The summed E-state index contributed by atoms with van der Waals surface area (Å²) in [5, 5.41) is 14.9. The number of aliphatic hydroxyl groups excluding tert-OH is 1. The molecule has 4 rings (SSSR count). The van der Waals surface area contributed by atoms with Crippen molar-refractivity contribution in [2.75, 3.05) is 6.26 Å². The van der Waals surface area contributed by atoms with Crippen molar-refractivity contribution in [3.8, 4) is 17.0 Å². The summed E-state index contributed by atoms with van der Waals surface area (Å²) in [5.74, 6) is -0.375. The second-order valence-electron chi connectivity index (χ2n) is 9.02. The molecule has 2 heterocycles. The lowest BCUT2D eigenvalue weighted by molar-refractivity contribution is 0.0977. The summed E-state index contributed by atoms with van der Waals surface area (Å²) >= 11 is 0. The van der Waals surface area contributed by atoms with E-state index < -0.39 is 15.9 Å². The lowest BCUT2D eigenvalue weighted by atomic mass is 9.95. The Morgan fingerprint density at radius 2 is 1.88 bits per heavy atom. The number of ether oxygens (including phenoxy) is 1. The molecule has 0 aliphatic heterocycles. The van der Waals surface area contributed by atoms with Crippen LogP contribution in [0.15, 0.2) is 30.3 Å². The molecule has 0 atom stereocenters. The summed E-state index contributed by atoms with van der Waals surface area (Å²) in [6, 6.07) is 8.96. The molecule has 34 heavy (non-hydrogen) atoms. The zero-order valence-electron chi connectivity index (χ0n) is 19.6. The number of pyridine rings is 1. The minimum atomic E-state index is -3.77. The first kappa shape index (κ1) is 24.2. The monoisotopic (exact) mass is 486 g/mol. The standard InChI is InChI=1S/C24H30N4O5S/c1-15(2)33-24-21-19(17-11-9-16(14-29)10-12-17)13-20(23(30)27-34(3,31)32)25-22(21)28(26-24)18-7-5-4-6-8-18/h9-13,15,18,29H,4-8,14H2,1-3H3,(H,27,30). The third-order valence-electron chi connectivity index (χ3n) is 5.86. The molecule has 0 spiro atoms. The van der Waals surface area contributed by atoms with E-state index in [4.69, 9.17) is 9.84 Å². The third-order valence-corrected chi connectivity index (χ3v) is 6.41. The van der Waals surface area contributed by atoms with E-state index in [2.05, 4.69) is 4.98 Å². The zero-order chi connectivity index (χ0) is 24.5. The van der Waals surface area contributed by atoms with Gasteiger partial charge >= 0.3 is 0 Å². The summed E-state index contributed by atoms with van der Waals surface area (Å²) in [6.45, 7) is 3.75. The van der Waals surface area contributed by atoms with Gasteiger partial charge in [-0.15, -0.1) is 5.10 Å². The number of aromatic nitrogens is 3. The first-order valence-corrected chi connectivity index (χ1v) is 13.4. The molecular weight excluding hydrogens is 456 g/mol. The second-order valence-corrected chi connectivity index (χ2v) is 10.8. The molecule has 1 aliphatic carbocycles. The molecule has 9 nitrogen and oxygen atoms in total. The molecule has 0 unspecified atom stereocenters. The number of hydrogen-bond donors (Lipinski definition) is 2. The van der Waals surface area contributed by atoms with E-state index in [0.29, 0.717) is 22.5 Å². The molecule has 1 aliphatic rings. The van der Waals surface area contributed by atoms with Crippen LogP contribution in [0.4, 0.5) is 0 Å². The number of carbonyl (C=O) groups is 1. The van der Waals surface area contributed by atoms with Gasteiger partial charge in [0.15, 0.2) is 5.65 Å². The van der Waals surface area contributed by atoms with Gasteiger partial charge in [0, 0.05) is 5.56 Å². The van der Waals surface area contributed by atoms with Gasteiger partial charge in [0.2, 0.25) is 15.9 Å². The number of rotatable bonds is 7. The molecule has 182 valence electrons. The molecule has 2 N–H and O–H groups in total. The highest BCUT2D eigenvalue weighted by molar-refractivity contribution is 7.89. The fraction of sp³-hybridized carbons (Fsp3) is 0.458. The van der Waals surface area contributed by atoms with Gasteiger partial charge in [-0.25, -0.2) is 22.8 Å². The van der Waals surface area contributed by atoms with Crippen LogP contribution in [0.3, 0.4) is 0 Å². The topological polar surface area (TPSA) is 123 Å². The van der Waals surface area contributed by atoms with Crippen LogP contribution in [0.1, 0.15) is 68.0 Å². The van der Waals surface area contributed by atoms with E-state index >= 15 is 0 Å². The number of nitrogens with one attached hydrogen (secondary N) is 1. The minimum absolute atomic E-state index is 0.0211. The van der Waals surface area contributed by atoms with E-state index in [1.54, 1.807) is 18.2 Å². The van der Waals surface area contributed by atoms with Gasteiger partial charge < -0.3 is 9.84 Å². The second kappa shape index (κ2) is 9.71. The molecule has 0 bridgehead atoms. The van der Waals surface area contributed by atoms with Crippen molar-refractivity contribution in [2.45, 2.75) is 64.7 Å². The first-order chi connectivity index (χ1) is 16.2. The minimum Gasteiger partial charge on any atom is -0.473 e. The van der Waals surface area contributed by atoms with Crippen LogP contribution >= 0.6 is 0 Å². The molecule has 10 heteroatoms. The van der Waals surface area contributed by atoms with Crippen molar-refractivity contribution in [1.82, 2.24) is 19.5 Å². The summed E-state index contributed by atoms with van der Waals surface area (Å²) in [4.78, 5) is 17.4. The van der Waals surface area contributed by atoms with Gasteiger partial charge in [0.1, 0.15) is 5.69 Å².